The van der Waals surface area contributed by atoms with Crippen molar-refractivity contribution in [3.8, 4) is 0 Å². The van der Waals surface area contributed by atoms with Crippen molar-refractivity contribution in [2.45, 2.75) is 45.5 Å². The minimum atomic E-state index is -0.744. The van der Waals surface area contributed by atoms with Gasteiger partial charge in [-0.1, -0.05) is 0 Å². The molecule has 1 amide bonds. The Kier molecular flexibility index (Phi) is 4.56. The van der Waals surface area contributed by atoms with Crippen LogP contribution in [0.4, 0.5) is 4.79 Å². The highest BCUT2D eigenvalue weighted by molar-refractivity contribution is 5.76. The summed E-state index contributed by atoms with van der Waals surface area (Å²) in [5.74, 6) is -0.477. The monoisotopic (exact) mass is 259 g/mol. The number of amides is 1. The average molecular weight is 259 g/mol. The second-order valence-electron chi connectivity index (χ2n) is 5.34. The molecule has 1 aliphatic heterocycles. The van der Waals surface area contributed by atoms with E-state index in [1.165, 1.54) is 12.0 Å². The molecule has 104 valence electrons. The van der Waals surface area contributed by atoms with Crippen LogP contribution in [0.5, 0.6) is 0 Å². The van der Waals surface area contributed by atoms with Gasteiger partial charge in [-0.25, -0.2) is 9.59 Å². The largest absolute Gasteiger partial charge is 0.467 e. The molecule has 0 aliphatic carbocycles. The van der Waals surface area contributed by atoms with Crippen LogP contribution in [0, 0.1) is 0 Å². The Balaban J connectivity index is 2.66. The molecule has 18 heavy (non-hydrogen) atoms. The highest BCUT2D eigenvalue weighted by Crippen LogP contribution is 2.16. The maximum Gasteiger partial charge on any atom is 0.410 e. The number of morpholine rings is 1. The summed E-state index contributed by atoms with van der Waals surface area (Å²) in [6, 6.07) is 0. The van der Waals surface area contributed by atoms with Crippen molar-refractivity contribution in [1.29, 1.82) is 0 Å². The van der Waals surface area contributed by atoms with Gasteiger partial charge >= 0.3 is 12.1 Å². The van der Waals surface area contributed by atoms with E-state index in [4.69, 9.17) is 9.47 Å². The predicted molar refractivity (Wildman–Crippen MR) is 64.2 cm³/mol. The quantitative estimate of drug-likeness (QED) is 0.662. The summed E-state index contributed by atoms with van der Waals surface area (Å²) in [6.07, 6.45) is -1.41. The average Bonchev–Trinajstić information content (AvgIpc) is 2.24. The highest BCUT2D eigenvalue weighted by atomic mass is 16.6. The molecule has 0 radical (unpaired) electrons. The van der Waals surface area contributed by atoms with Gasteiger partial charge in [0.2, 0.25) is 0 Å². The highest BCUT2D eigenvalue weighted by Gasteiger charge is 2.35. The Morgan fingerprint density at radius 2 is 1.89 bits per heavy atom. The Morgan fingerprint density at radius 3 is 2.39 bits per heavy atom. The smallest absolute Gasteiger partial charge is 0.410 e. The van der Waals surface area contributed by atoms with E-state index in [0.29, 0.717) is 6.54 Å². The van der Waals surface area contributed by atoms with Crippen molar-refractivity contribution in [1.82, 2.24) is 4.90 Å². The van der Waals surface area contributed by atoms with Gasteiger partial charge in [0, 0.05) is 0 Å². The van der Waals surface area contributed by atoms with Crippen molar-refractivity contribution in [3.05, 3.63) is 0 Å². The second kappa shape index (κ2) is 5.56. The molecule has 6 nitrogen and oxygen atoms in total. The van der Waals surface area contributed by atoms with Gasteiger partial charge in [0.05, 0.1) is 26.3 Å². The van der Waals surface area contributed by atoms with Crippen LogP contribution in [0.15, 0.2) is 0 Å². The van der Waals surface area contributed by atoms with E-state index in [9.17, 15) is 9.59 Å². The first-order valence-corrected chi connectivity index (χ1v) is 5.94. The predicted octanol–water partition coefficient (Wildman–Crippen LogP) is 1.18. The minimum absolute atomic E-state index is 0.159. The summed E-state index contributed by atoms with van der Waals surface area (Å²) in [7, 11) is 1.29. The van der Waals surface area contributed by atoms with Crippen LogP contribution in [0.1, 0.15) is 27.7 Å². The lowest BCUT2D eigenvalue weighted by Gasteiger charge is -2.36. The number of hydrogen-bond acceptors (Lipinski definition) is 5. The Labute approximate surface area is 107 Å². The summed E-state index contributed by atoms with van der Waals surface area (Å²) in [5, 5.41) is 0. The number of carbonyl (C=O) groups excluding carboxylic acids is 2. The molecule has 0 spiro atoms. The van der Waals surface area contributed by atoms with Crippen molar-refractivity contribution < 1.29 is 23.8 Å². The lowest BCUT2D eigenvalue weighted by molar-refractivity contribution is -0.165. The van der Waals surface area contributed by atoms with Gasteiger partial charge < -0.3 is 19.1 Å². The zero-order valence-corrected chi connectivity index (χ0v) is 11.6. The Hall–Kier alpha value is -1.30. The lowest BCUT2D eigenvalue weighted by atomic mass is 10.2. The molecule has 0 aromatic rings. The van der Waals surface area contributed by atoms with Crippen LogP contribution in [-0.2, 0) is 19.0 Å². The number of hydrogen-bond donors (Lipinski definition) is 0. The molecule has 0 saturated carbocycles. The van der Waals surface area contributed by atoms with Gasteiger partial charge in [-0.15, -0.1) is 0 Å². The van der Waals surface area contributed by atoms with Crippen molar-refractivity contribution in [3.63, 3.8) is 0 Å². The molecule has 0 bridgehead atoms. The molecular formula is C12H21NO5. The maximum atomic E-state index is 11.9. The molecule has 2 atom stereocenters. The number of rotatable bonds is 1. The van der Waals surface area contributed by atoms with E-state index >= 15 is 0 Å². The molecule has 6 heteroatoms. The van der Waals surface area contributed by atoms with Crippen molar-refractivity contribution in [2.24, 2.45) is 0 Å². The summed E-state index contributed by atoms with van der Waals surface area (Å²) >= 11 is 0. The van der Waals surface area contributed by atoms with Crippen LogP contribution in [0.25, 0.3) is 0 Å². The summed E-state index contributed by atoms with van der Waals surface area (Å²) in [5.41, 5.74) is -0.556. The van der Waals surface area contributed by atoms with Crippen molar-refractivity contribution in [2.75, 3.05) is 20.2 Å². The number of carbonyl (C=O) groups is 2. The third kappa shape index (κ3) is 4.18. The zero-order chi connectivity index (χ0) is 13.9. The Morgan fingerprint density at radius 1 is 1.28 bits per heavy atom. The van der Waals surface area contributed by atoms with Crippen LogP contribution in [0.2, 0.25) is 0 Å². The van der Waals surface area contributed by atoms with Crippen molar-refractivity contribution >= 4 is 12.1 Å². The zero-order valence-electron chi connectivity index (χ0n) is 11.6. The van der Waals surface area contributed by atoms with E-state index in [1.54, 1.807) is 27.7 Å². The van der Waals surface area contributed by atoms with E-state index in [0.717, 1.165) is 0 Å². The Bertz CT molecular complexity index is 323. The second-order valence-corrected chi connectivity index (χ2v) is 5.34. The van der Waals surface area contributed by atoms with Crippen LogP contribution in [0.3, 0.4) is 0 Å². The number of nitrogens with zero attached hydrogens (tertiary/aromatic N) is 1. The van der Waals surface area contributed by atoms with Gasteiger partial charge in [-0.3, -0.25) is 0 Å². The third-order valence-corrected chi connectivity index (χ3v) is 2.38. The van der Waals surface area contributed by atoms with E-state index < -0.39 is 23.8 Å². The van der Waals surface area contributed by atoms with Gasteiger partial charge in [-0.2, -0.15) is 0 Å². The topological polar surface area (TPSA) is 65.1 Å². The molecular weight excluding hydrogens is 238 g/mol. The van der Waals surface area contributed by atoms with E-state index in [1.807, 2.05) is 0 Å². The first-order valence-electron chi connectivity index (χ1n) is 5.94. The SMILES string of the molecule is COC(=O)[C@@H]1CN(C(=O)OC(C)(C)C)C[C@H](C)O1. The van der Waals surface area contributed by atoms with E-state index in [-0.39, 0.29) is 12.6 Å². The fourth-order valence-corrected chi connectivity index (χ4v) is 1.69. The fraction of sp³-hybridized carbons (Fsp3) is 0.833. The molecule has 1 heterocycles. The van der Waals surface area contributed by atoms with Gasteiger partial charge in [0.25, 0.3) is 0 Å². The van der Waals surface area contributed by atoms with Crippen LogP contribution < -0.4 is 0 Å². The summed E-state index contributed by atoms with van der Waals surface area (Å²) in [6.45, 7) is 7.76. The molecule has 0 N–H and O–H groups in total. The standard InChI is InChI=1S/C12H21NO5/c1-8-6-13(11(15)18-12(2,3)4)7-9(17-8)10(14)16-5/h8-9H,6-7H2,1-5H3/t8-,9-/m0/s1. The van der Waals surface area contributed by atoms with E-state index in [2.05, 4.69) is 4.74 Å². The molecule has 1 aliphatic rings. The normalized spacial score (nSPS) is 24.6. The minimum Gasteiger partial charge on any atom is -0.467 e. The summed E-state index contributed by atoms with van der Waals surface area (Å²) in [4.78, 5) is 24.8. The lowest BCUT2D eigenvalue weighted by Crippen LogP contribution is -2.53. The van der Waals surface area contributed by atoms with Gasteiger partial charge in [0.1, 0.15) is 5.60 Å². The number of esters is 1. The fourth-order valence-electron chi connectivity index (χ4n) is 1.69. The number of ether oxygens (including phenoxy) is 3. The molecule has 1 saturated heterocycles. The first-order chi connectivity index (χ1) is 8.23. The van der Waals surface area contributed by atoms with Crippen LogP contribution in [-0.4, -0.2) is 55.0 Å². The van der Waals surface area contributed by atoms with Gasteiger partial charge in [-0.05, 0) is 27.7 Å². The maximum absolute atomic E-state index is 11.9. The summed E-state index contributed by atoms with van der Waals surface area (Å²) < 4.78 is 15.3. The van der Waals surface area contributed by atoms with Gasteiger partial charge in [0.15, 0.2) is 6.10 Å². The third-order valence-electron chi connectivity index (χ3n) is 2.38. The molecule has 1 fully saturated rings. The number of methoxy groups -OCH3 is 1. The molecule has 0 aromatic carbocycles. The molecule has 1 rings (SSSR count). The molecule has 0 unspecified atom stereocenters. The molecule has 0 aromatic heterocycles. The van der Waals surface area contributed by atoms with Crippen LogP contribution >= 0.6 is 0 Å². The first kappa shape index (κ1) is 14.8.